The molecule has 7 heteroatoms. The molecule has 1 aromatic carbocycles. The lowest BCUT2D eigenvalue weighted by Gasteiger charge is -2.15. The van der Waals surface area contributed by atoms with E-state index in [2.05, 4.69) is 10.3 Å². The Hall–Kier alpha value is -2.83. The molecule has 0 spiro atoms. The van der Waals surface area contributed by atoms with E-state index >= 15 is 0 Å². The maximum Gasteiger partial charge on any atom is 0.251 e. The van der Waals surface area contributed by atoms with E-state index in [0.29, 0.717) is 36.9 Å². The zero-order chi connectivity index (χ0) is 18.8. The minimum atomic E-state index is -0.122. The van der Waals surface area contributed by atoms with Crippen molar-refractivity contribution in [1.29, 1.82) is 0 Å². The molecule has 2 aliphatic rings. The van der Waals surface area contributed by atoms with Gasteiger partial charge in [0.2, 0.25) is 5.91 Å². The van der Waals surface area contributed by atoms with Gasteiger partial charge in [0.1, 0.15) is 18.2 Å². The topological polar surface area (TPSA) is 76.5 Å². The van der Waals surface area contributed by atoms with Crippen LogP contribution in [0.5, 0.6) is 5.75 Å². The van der Waals surface area contributed by atoms with Gasteiger partial charge in [-0.15, -0.1) is 0 Å². The summed E-state index contributed by atoms with van der Waals surface area (Å²) in [6, 6.07) is 7.52. The molecule has 4 rings (SSSR count). The molecule has 2 amide bonds. The standard InChI is InChI=1S/C20H24N4O3/c1-23-9-8-21-18(23)13-27-17-6-2-15(3-7-17)20(26)22-11-14-10-19(25)24(12-14)16-4-5-16/h2-3,6-9,14,16H,4-5,10-13H2,1H3,(H,22,26)/t14-/m0/s1. The van der Waals surface area contributed by atoms with Crippen molar-refractivity contribution in [2.75, 3.05) is 13.1 Å². The average molecular weight is 368 g/mol. The Morgan fingerprint density at radius 1 is 1.30 bits per heavy atom. The highest BCUT2D eigenvalue weighted by Crippen LogP contribution is 2.32. The van der Waals surface area contributed by atoms with Crippen molar-refractivity contribution in [3.63, 3.8) is 0 Å². The largest absolute Gasteiger partial charge is 0.486 e. The van der Waals surface area contributed by atoms with E-state index in [-0.39, 0.29) is 17.7 Å². The van der Waals surface area contributed by atoms with Crippen molar-refractivity contribution in [3.05, 3.63) is 48.0 Å². The van der Waals surface area contributed by atoms with Gasteiger partial charge < -0.3 is 19.5 Å². The number of nitrogens with one attached hydrogen (secondary N) is 1. The number of aromatic nitrogens is 2. The van der Waals surface area contributed by atoms with E-state index in [1.165, 1.54) is 0 Å². The van der Waals surface area contributed by atoms with E-state index in [9.17, 15) is 9.59 Å². The molecule has 7 nitrogen and oxygen atoms in total. The smallest absolute Gasteiger partial charge is 0.251 e. The van der Waals surface area contributed by atoms with E-state index in [1.54, 1.807) is 30.5 Å². The first-order valence-corrected chi connectivity index (χ1v) is 9.37. The number of nitrogens with zero attached hydrogens (tertiary/aromatic N) is 3. The van der Waals surface area contributed by atoms with E-state index in [1.807, 2.05) is 22.7 Å². The molecule has 2 heterocycles. The second kappa shape index (κ2) is 7.42. The zero-order valence-corrected chi connectivity index (χ0v) is 15.4. The van der Waals surface area contributed by atoms with Crippen LogP contribution in [-0.4, -0.2) is 45.4 Å². The molecule has 142 valence electrons. The van der Waals surface area contributed by atoms with Gasteiger partial charge in [0.25, 0.3) is 5.91 Å². The Labute approximate surface area is 158 Å². The van der Waals surface area contributed by atoms with Crippen LogP contribution in [0.25, 0.3) is 0 Å². The first-order valence-electron chi connectivity index (χ1n) is 9.37. The summed E-state index contributed by atoms with van der Waals surface area (Å²) in [5.74, 6) is 1.84. The lowest BCUT2D eigenvalue weighted by atomic mass is 10.1. The fourth-order valence-corrected chi connectivity index (χ4v) is 3.41. The van der Waals surface area contributed by atoms with Crippen LogP contribution in [0.15, 0.2) is 36.7 Å². The SMILES string of the molecule is Cn1ccnc1COc1ccc(C(=O)NC[C@@H]2CC(=O)N(C3CC3)C2)cc1. The van der Waals surface area contributed by atoms with Crippen molar-refractivity contribution in [2.45, 2.75) is 31.9 Å². The van der Waals surface area contributed by atoms with Gasteiger partial charge in [0.05, 0.1) is 0 Å². The van der Waals surface area contributed by atoms with Crippen LogP contribution < -0.4 is 10.1 Å². The van der Waals surface area contributed by atoms with Crippen LogP contribution in [0.1, 0.15) is 35.4 Å². The lowest BCUT2D eigenvalue weighted by molar-refractivity contribution is -0.128. The molecule has 1 aliphatic carbocycles. The van der Waals surface area contributed by atoms with E-state index in [4.69, 9.17) is 4.74 Å². The van der Waals surface area contributed by atoms with Crippen LogP contribution in [0.2, 0.25) is 0 Å². The molecular weight excluding hydrogens is 344 g/mol. The molecule has 27 heavy (non-hydrogen) atoms. The van der Waals surface area contributed by atoms with Crippen LogP contribution in [0, 0.1) is 5.92 Å². The van der Waals surface area contributed by atoms with Gasteiger partial charge in [-0.25, -0.2) is 4.98 Å². The fraction of sp³-hybridized carbons (Fsp3) is 0.450. The molecule has 2 aromatic rings. The number of hydrogen-bond acceptors (Lipinski definition) is 4. The van der Waals surface area contributed by atoms with Gasteiger partial charge in [0.15, 0.2) is 0 Å². The number of carbonyl (C=O) groups is 2. The molecule has 1 aliphatic heterocycles. The molecule has 2 fully saturated rings. The second-order valence-corrected chi connectivity index (χ2v) is 7.32. The molecule has 1 saturated heterocycles. The Morgan fingerprint density at radius 2 is 2.07 bits per heavy atom. The fourth-order valence-electron chi connectivity index (χ4n) is 3.41. The van der Waals surface area contributed by atoms with Gasteiger partial charge in [-0.2, -0.15) is 0 Å². The number of imidazole rings is 1. The van der Waals surface area contributed by atoms with Crippen molar-refractivity contribution < 1.29 is 14.3 Å². The number of amides is 2. The predicted molar refractivity (Wildman–Crippen MR) is 99.2 cm³/mol. The van der Waals surface area contributed by atoms with Crippen molar-refractivity contribution in [3.8, 4) is 5.75 Å². The average Bonchev–Trinajstić information content (AvgIpc) is 3.33. The normalized spacial score (nSPS) is 19.4. The van der Waals surface area contributed by atoms with Crippen molar-refractivity contribution >= 4 is 11.8 Å². The first-order chi connectivity index (χ1) is 13.1. The van der Waals surface area contributed by atoms with Gasteiger partial charge in [-0.05, 0) is 37.1 Å². The number of likely N-dealkylation sites (tertiary alicyclic amines) is 1. The minimum absolute atomic E-state index is 0.122. The summed E-state index contributed by atoms with van der Waals surface area (Å²) in [4.78, 5) is 30.5. The number of aryl methyl sites for hydroxylation is 1. The molecular formula is C20H24N4O3. The third-order valence-electron chi connectivity index (χ3n) is 5.18. The quantitative estimate of drug-likeness (QED) is 0.808. The van der Waals surface area contributed by atoms with Crippen LogP contribution in [0.4, 0.5) is 0 Å². The molecule has 1 atom stereocenters. The van der Waals surface area contributed by atoms with Crippen molar-refractivity contribution in [1.82, 2.24) is 19.8 Å². The summed E-state index contributed by atoms with van der Waals surface area (Å²) in [5, 5.41) is 2.95. The molecule has 0 bridgehead atoms. The number of hydrogen-bond donors (Lipinski definition) is 1. The van der Waals surface area contributed by atoms with Crippen LogP contribution in [-0.2, 0) is 18.4 Å². The third kappa shape index (κ3) is 4.13. The first kappa shape index (κ1) is 17.6. The highest BCUT2D eigenvalue weighted by Gasteiger charge is 2.39. The Kier molecular flexibility index (Phi) is 4.83. The monoisotopic (exact) mass is 368 g/mol. The zero-order valence-electron chi connectivity index (χ0n) is 15.4. The Morgan fingerprint density at radius 3 is 2.74 bits per heavy atom. The Balaban J connectivity index is 1.25. The molecule has 1 saturated carbocycles. The second-order valence-electron chi connectivity index (χ2n) is 7.32. The maximum atomic E-state index is 12.3. The highest BCUT2D eigenvalue weighted by atomic mass is 16.5. The van der Waals surface area contributed by atoms with Gasteiger partial charge in [-0.3, -0.25) is 9.59 Å². The summed E-state index contributed by atoms with van der Waals surface area (Å²) in [7, 11) is 1.92. The lowest BCUT2D eigenvalue weighted by Crippen LogP contribution is -2.32. The summed E-state index contributed by atoms with van der Waals surface area (Å²) >= 11 is 0. The summed E-state index contributed by atoms with van der Waals surface area (Å²) in [6.07, 6.45) is 6.39. The van der Waals surface area contributed by atoms with Crippen LogP contribution in [0.3, 0.4) is 0 Å². The molecule has 0 unspecified atom stereocenters. The van der Waals surface area contributed by atoms with Crippen molar-refractivity contribution in [2.24, 2.45) is 13.0 Å². The van der Waals surface area contributed by atoms with E-state index < -0.39 is 0 Å². The number of carbonyl (C=O) groups excluding carboxylic acids is 2. The highest BCUT2D eigenvalue weighted by molar-refractivity contribution is 5.94. The van der Waals surface area contributed by atoms with Gasteiger partial charge in [0, 0.05) is 56.5 Å². The number of ether oxygens (including phenoxy) is 1. The number of rotatable bonds is 7. The summed E-state index contributed by atoms with van der Waals surface area (Å²) < 4.78 is 7.60. The molecule has 1 aromatic heterocycles. The van der Waals surface area contributed by atoms with Gasteiger partial charge in [-0.1, -0.05) is 0 Å². The molecule has 0 radical (unpaired) electrons. The van der Waals surface area contributed by atoms with Crippen LogP contribution >= 0.6 is 0 Å². The summed E-state index contributed by atoms with van der Waals surface area (Å²) in [6.45, 7) is 1.68. The minimum Gasteiger partial charge on any atom is -0.486 e. The molecule has 1 N–H and O–H groups in total. The van der Waals surface area contributed by atoms with Gasteiger partial charge >= 0.3 is 0 Å². The third-order valence-corrected chi connectivity index (χ3v) is 5.18. The maximum absolute atomic E-state index is 12.3. The number of benzene rings is 1. The predicted octanol–water partition coefficient (Wildman–Crippen LogP) is 1.74. The summed E-state index contributed by atoms with van der Waals surface area (Å²) in [5.41, 5.74) is 0.586. The van der Waals surface area contributed by atoms with E-state index in [0.717, 1.165) is 25.2 Å². The Bertz CT molecular complexity index is 826.